The fraction of sp³-hybridized carbons (Fsp3) is 1.00. The maximum Gasteiger partial charge on any atom is 0.0121 e. The van der Waals surface area contributed by atoms with Gasteiger partial charge in [0.25, 0.3) is 0 Å². The maximum atomic E-state index is 3.60. The largest absolute Gasteiger partial charge is 0.316 e. The first-order valence-corrected chi connectivity index (χ1v) is 6.59. The van der Waals surface area contributed by atoms with Crippen molar-refractivity contribution in [3.05, 3.63) is 0 Å². The van der Waals surface area contributed by atoms with E-state index in [1.165, 1.54) is 57.8 Å². The summed E-state index contributed by atoms with van der Waals surface area (Å²) in [4.78, 5) is 0. The van der Waals surface area contributed by atoms with Crippen LogP contribution in [0, 0.1) is 11.8 Å². The third kappa shape index (κ3) is 2.31. The molecule has 0 aromatic rings. The molecular weight excluding hydrogens is 170 g/mol. The van der Waals surface area contributed by atoms with E-state index in [-0.39, 0.29) is 0 Å². The van der Waals surface area contributed by atoms with Crippen LogP contribution in [0.4, 0.5) is 0 Å². The highest BCUT2D eigenvalue weighted by Crippen LogP contribution is 2.37. The Hall–Kier alpha value is -0.0400. The van der Waals surface area contributed by atoms with Crippen LogP contribution < -0.4 is 5.32 Å². The molecule has 2 aliphatic carbocycles. The average molecular weight is 195 g/mol. The van der Waals surface area contributed by atoms with Crippen LogP contribution in [-0.2, 0) is 0 Å². The second-order valence-corrected chi connectivity index (χ2v) is 5.26. The van der Waals surface area contributed by atoms with E-state index in [0.29, 0.717) is 0 Å². The lowest BCUT2D eigenvalue weighted by Crippen LogP contribution is -2.43. The van der Waals surface area contributed by atoms with Gasteiger partial charge in [0.15, 0.2) is 0 Å². The summed E-state index contributed by atoms with van der Waals surface area (Å²) < 4.78 is 0. The Morgan fingerprint density at radius 1 is 0.786 bits per heavy atom. The van der Waals surface area contributed by atoms with Crippen molar-refractivity contribution in [2.75, 3.05) is 7.05 Å². The van der Waals surface area contributed by atoms with Crippen molar-refractivity contribution in [3.8, 4) is 0 Å². The Morgan fingerprint density at radius 3 is 1.64 bits per heavy atom. The highest BCUT2D eigenvalue weighted by Gasteiger charge is 2.31. The van der Waals surface area contributed by atoms with E-state index < -0.39 is 0 Å². The van der Waals surface area contributed by atoms with Crippen molar-refractivity contribution < 1.29 is 0 Å². The third-order valence-electron chi connectivity index (χ3n) is 4.40. The number of rotatable bonds is 3. The van der Waals surface area contributed by atoms with Gasteiger partial charge in [-0.05, 0) is 44.6 Å². The van der Waals surface area contributed by atoms with E-state index in [1.807, 2.05) is 0 Å². The molecule has 1 nitrogen and oxygen atoms in total. The van der Waals surface area contributed by atoms with E-state index in [2.05, 4.69) is 12.4 Å². The highest BCUT2D eigenvalue weighted by atomic mass is 14.9. The van der Waals surface area contributed by atoms with Crippen LogP contribution in [0.2, 0.25) is 0 Å². The molecule has 2 aliphatic rings. The minimum Gasteiger partial charge on any atom is -0.316 e. The number of hydrogen-bond acceptors (Lipinski definition) is 1. The van der Waals surface area contributed by atoms with E-state index >= 15 is 0 Å². The summed E-state index contributed by atoms with van der Waals surface area (Å²) in [5.74, 6) is 2.01. The summed E-state index contributed by atoms with van der Waals surface area (Å²) in [5.41, 5.74) is 0. The second kappa shape index (κ2) is 5.16. The van der Waals surface area contributed by atoms with Gasteiger partial charge in [-0.15, -0.1) is 0 Å². The molecule has 1 atom stereocenters. The lowest BCUT2D eigenvalue weighted by Gasteiger charge is -2.38. The molecule has 2 rings (SSSR count). The summed E-state index contributed by atoms with van der Waals surface area (Å²) in [6.45, 7) is 0. The van der Waals surface area contributed by atoms with Crippen LogP contribution in [0.1, 0.15) is 57.8 Å². The monoisotopic (exact) mass is 195 g/mol. The SMILES string of the molecule is CNC(C1CCCCCC1)C1CCC1. The Labute approximate surface area is 88.7 Å². The van der Waals surface area contributed by atoms with E-state index in [0.717, 1.165) is 17.9 Å². The Balaban J connectivity index is 1.87. The van der Waals surface area contributed by atoms with Crippen molar-refractivity contribution in [1.82, 2.24) is 5.32 Å². The van der Waals surface area contributed by atoms with Gasteiger partial charge in [0, 0.05) is 6.04 Å². The highest BCUT2D eigenvalue weighted by molar-refractivity contribution is 4.87. The first-order chi connectivity index (χ1) is 6.92. The maximum absolute atomic E-state index is 3.60. The summed E-state index contributed by atoms with van der Waals surface area (Å²) in [6, 6.07) is 0.849. The molecule has 1 heteroatoms. The quantitative estimate of drug-likeness (QED) is 0.681. The van der Waals surface area contributed by atoms with Gasteiger partial charge in [0.2, 0.25) is 0 Å². The average Bonchev–Trinajstić information content (AvgIpc) is 2.38. The molecule has 1 N–H and O–H groups in total. The van der Waals surface area contributed by atoms with Crippen molar-refractivity contribution >= 4 is 0 Å². The summed E-state index contributed by atoms with van der Waals surface area (Å²) >= 11 is 0. The normalized spacial score (nSPS) is 28.1. The molecule has 0 bridgehead atoms. The van der Waals surface area contributed by atoms with Crippen molar-refractivity contribution in [3.63, 3.8) is 0 Å². The minimum absolute atomic E-state index is 0.849. The van der Waals surface area contributed by atoms with Crippen LogP contribution in [0.3, 0.4) is 0 Å². The molecule has 0 saturated heterocycles. The molecular formula is C13H25N. The predicted molar refractivity (Wildman–Crippen MR) is 61.4 cm³/mol. The second-order valence-electron chi connectivity index (χ2n) is 5.26. The zero-order chi connectivity index (χ0) is 9.80. The van der Waals surface area contributed by atoms with Gasteiger partial charge in [-0.3, -0.25) is 0 Å². The summed E-state index contributed by atoms with van der Waals surface area (Å²) in [5, 5.41) is 3.60. The smallest absolute Gasteiger partial charge is 0.0121 e. The lowest BCUT2D eigenvalue weighted by atomic mass is 9.73. The Bertz CT molecular complexity index is 155. The summed E-state index contributed by atoms with van der Waals surface area (Å²) in [6.07, 6.45) is 13.4. The Morgan fingerprint density at radius 2 is 1.29 bits per heavy atom. The molecule has 14 heavy (non-hydrogen) atoms. The molecule has 0 amide bonds. The molecule has 82 valence electrons. The van der Waals surface area contributed by atoms with Gasteiger partial charge in [-0.2, -0.15) is 0 Å². The van der Waals surface area contributed by atoms with Crippen molar-refractivity contribution in [2.24, 2.45) is 11.8 Å². The van der Waals surface area contributed by atoms with Gasteiger partial charge in [0.05, 0.1) is 0 Å². The topological polar surface area (TPSA) is 12.0 Å². The van der Waals surface area contributed by atoms with Crippen LogP contribution in [-0.4, -0.2) is 13.1 Å². The van der Waals surface area contributed by atoms with Gasteiger partial charge < -0.3 is 5.32 Å². The van der Waals surface area contributed by atoms with E-state index in [4.69, 9.17) is 0 Å². The van der Waals surface area contributed by atoms with Gasteiger partial charge in [-0.25, -0.2) is 0 Å². The van der Waals surface area contributed by atoms with Crippen LogP contribution >= 0.6 is 0 Å². The van der Waals surface area contributed by atoms with Gasteiger partial charge in [0.1, 0.15) is 0 Å². The summed E-state index contributed by atoms with van der Waals surface area (Å²) in [7, 11) is 2.17. The first kappa shape index (κ1) is 10.5. The van der Waals surface area contributed by atoms with Crippen molar-refractivity contribution in [1.29, 1.82) is 0 Å². The molecule has 0 spiro atoms. The molecule has 0 aromatic heterocycles. The molecule has 2 fully saturated rings. The lowest BCUT2D eigenvalue weighted by molar-refractivity contribution is 0.170. The molecule has 0 aliphatic heterocycles. The molecule has 2 saturated carbocycles. The van der Waals surface area contributed by atoms with Crippen LogP contribution in [0.5, 0.6) is 0 Å². The van der Waals surface area contributed by atoms with Crippen LogP contribution in [0.25, 0.3) is 0 Å². The fourth-order valence-electron chi connectivity index (χ4n) is 3.33. The van der Waals surface area contributed by atoms with Crippen molar-refractivity contribution in [2.45, 2.75) is 63.8 Å². The third-order valence-corrected chi connectivity index (χ3v) is 4.40. The Kier molecular flexibility index (Phi) is 3.86. The van der Waals surface area contributed by atoms with Crippen LogP contribution in [0.15, 0.2) is 0 Å². The first-order valence-electron chi connectivity index (χ1n) is 6.59. The van der Waals surface area contributed by atoms with Gasteiger partial charge >= 0.3 is 0 Å². The fourth-order valence-corrected chi connectivity index (χ4v) is 3.33. The standard InChI is InChI=1S/C13H25N/c1-14-13(12-9-6-10-12)11-7-4-2-3-5-8-11/h11-14H,2-10H2,1H3. The zero-order valence-electron chi connectivity index (χ0n) is 9.60. The van der Waals surface area contributed by atoms with Gasteiger partial charge in [-0.1, -0.05) is 32.1 Å². The van der Waals surface area contributed by atoms with E-state index in [9.17, 15) is 0 Å². The predicted octanol–water partition coefficient (Wildman–Crippen LogP) is 3.34. The zero-order valence-corrected chi connectivity index (χ0v) is 9.60. The molecule has 0 radical (unpaired) electrons. The molecule has 0 heterocycles. The van der Waals surface area contributed by atoms with E-state index in [1.54, 1.807) is 0 Å². The number of nitrogens with one attached hydrogen (secondary N) is 1. The number of hydrogen-bond donors (Lipinski definition) is 1. The molecule has 1 unspecified atom stereocenters. The minimum atomic E-state index is 0.849. The molecule has 0 aromatic carbocycles.